The van der Waals surface area contributed by atoms with E-state index in [2.05, 4.69) is 36.4 Å². The molecule has 0 saturated carbocycles. The molecular formula is C37H36NO+. The van der Waals surface area contributed by atoms with Crippen molar-refractivity contribution < 1.29 is 17.2 Å². The maximum Gasteiger partial charge on any atom is 0.216 e. The van der Waals surface area contributed by atoms with Gasteiger partial charge in [-0.1, -0.05) is 99.6 Å². The number of hydrogen-bond acceptors (Lipinski definition) is 1. The zero-order chi connectivity index (χ0) is 32.5. The lowest BCUT2D eigenvalue weighted by Crippen LogP contribution is -2.30. The average Bonchev–Trinajstić information content (AvgIpc) is 3.35. The highest BCUT2D eigenvalue weighted by Gasteiger charge is 2.23. The Morgan fingerprint density at radius 2 is 1.62 bits per heavy atom. The second-order valence-electron chi connectivity index (χ2n) is 11.2. The Balaban J connectivity index is 1.60. The Morgan fingerprint density at radius 3 is 2.38 bits per heavy atom. The van der Waals surface area contributed by atoms with Crippen molar-refractivity contribution in [1.29, 1.82) is 0 Å². The summed E-state index contributed by atoms with van der Waals surface area (Å²) in [5.41, 5.74) is 6.47. The topological polar surface area (TPSA) is 17.0 Å². The second kappa shape index (κ2) is 9.54. The SMILES string of the molecule is [2H]c1cc(C([2H])([2H])C(C)(C)C)cc(C([2H])([2H])[2H])c1-c1cc[n+](C)c(-c2c(C)ccc3c2oc2c(-c4ccccc4)cccc23)c1. The van der Waals surface area contributed by atoms with Crippen LogP contribution in [0.25, 0.3) is 55.4 Å². The lowest BCUT2D eigenvalue weighted by atomic mass is 9.86. The van der Waals surface area contributed by atoms with E-state index in [0.717, 1.165) is 49.9 Å². The number of pyridine rings is 1. The van der Waals surface area contributed by atoms with E-state index in [0.29, 0.717) is 5.56 Å². The molecule has 0 amide bonds. The third-order valence-corrected chi connectivity index (χ3v) is 7.12. The van der Waals surface area contributed by atoms with Gasteiger partial charge in [-0.05, 0) is 58.9 Å². The average molecular weight is 517 g/mol. The zero-order valence-electron chi connectivity index (χ0n) is 29.0. The van der Waals surface area contributed by atoms with Gasteiger partial charge in [0.05, 0.1) is 6.93 Å². The largest absolute Gasteiger partial charge is 0.454 e. The van der Waals surface area contributed by atoms with Crippen molar-refractivity contribution in [3.8, 4) is 33.5 Å². The van der Waals surface area contributed by atoms with E-state index in [9.17, 15) is 0 Å². The predicted molar refractivity (Wildman–Crippen MR) is 164 cm³/mol. The zero-order valence-corrected chi connectivity index (χ0v) is 23.0. The number of fused-ring (bicyclic) bond motifs is 3. The minimum absolute atomic E-state index is 0.0299. The highest BCUT2D eigenvalue weighted by molar-refractivity contribution is 6.13. The van der Waals surface area contributed by atoms with Gasteiger partial charge < -0.3 is 4.42 Å². The van der Waals surface area contributed by atoms with Gasteiger partial charge in [0.15, 0.2) is 6.20 Å². The first-order chi connectivity index (χ1) is 21.1. The number of furan rings is 1. The Morgan fingerprint density at radius 1 is 0.821 bits per heavy atom. The molecule has 6 aromatic rings. The van der Waals surface area contributed by atoms with E-state index < -0.39 is 18.6 Å². The molecule has 6 rings (SSSR count). The molecule has 0 aliphatic rings. The Hall–Kier alpha value is -4.17. The van der Waals surface area contributed by atoms with Crippen molar-refractivity contribution in [2.45, 2.75) is 40.9 Å². The lowest BCUT2D eigenvalue weighted by Gasteiger charge is -2.19. The predicted octanol–water partition coefficient (Wildman–Crippen LogP) is 9.62. The molecule has 0 saturated heterocycles. The van der Waals surface area contributed by atoms with Crippen LogP contribution < -0.4 is 4.57 Å². The van der Waals surface area contributed by atoms with Gasteiger partial charge in [-0.25, -0.2) is 4.57 Å². The summed E-state index contributed by atoms with van der Waals surface area (Å²) >= 11 is 0. The summed E-state index contributed by atoms with van der Waals surface area (Å²) in [6, 6.07) is 27.0. The normalized spacial score (nSPS) is 14.9. The molecule has 39 heavy (non-hydrogen) atoms. The summed E-state index contributed by atoms with van der Waals surface area (Å²) in [7, 11) is 1.93. The van der Waals surface area contributed by atoms with Crippen molar-refractivity contribution >= 4 is 21.9 Å². The van der Waals surface area contributed by atoms with Crippen LogP contribution in [0.2, 0.25) is 0 Å². The summed E-state index contributed by atoms with van der Waals surface area (Å²) in [5, 5.41) is 1.99. The molecule has 2 heterocycles. The molecule has 2 nitrogen and oxygen atoms in total. The minimum Gasteiger partial charge on any atom is -0.454 e. The van der Waals surface area contributed by atoms with E-state index in [1.165, 1.54) is 12.1 Å². The van der Waals surface area contributed by atoms with Crippen molar-refractivity contribution in [3.63, 3.8) is 0 Å². The number of para-hydroxylation sites is 1. The number of nitrogens with zero attached hydrogens (tertiary/aromatic N) is 1. The molecule has 0 aliphatic heterocycles. The number of rotatable bonds is 4. The van der Waals surface area contributed by atoms with E-state index in [-0.39, 0.29) is 22.7 Å². The first-order valence-electron chi connectivity index (χ1n) is 16.3. The molecule has 0 bridgehead atoms. The fourth-order valence-electron chi connectivity index (χ4n) is 5.34. The summed E-state index contributed by atoms with van der Waals surface area (Å²) < 4.78 is 60.4. The van der Waals surface area contributed by atoms with Gasteiger partial charge in [-0.2, -0.15) is 0 Å². The van der Waals surface area contributed by atoms with Crippen molar-refractivity contribution in [1.82, 2.24) is 0 Å². The van der Waals surface area contributed by atoms with Crippen molar-refractivity contribution in [3.05, 3.63) is 114 Å². The summed E-state index contributed by atoms with van der Waals surface area (Å²) in [5.74, 6) is 0. The Labute approximate surface area is 240 Å². The van der Waals surface area contributed by atoms with Crippen LogP contribution in [0.5, 0.6) is 0 Å². The summed E-state index contributed by atoms with van der Waals surface area (Å²) in [6.45, 7) is 4.78. The van der Waals surface area contributed by atoms with Crippen LogP contribution in [0, 0.1) is 19.2 Å². The molecule has 0 aliphatic carbocycles. The second-order valence-corrected chi connectivity index (χ2v) is 11.2. The van der Waals surface area contributed by atoms with Gasteiger partial charge in [0.25, 0.3) is 0 Å². The van der Waals surface area contributed by atoms with Crippen LogP contribution in [0.4, 0.5) is 0 Å². The van der Waals surface area contributed by atoms with E-state index >= 15 is 0 Å². The molecule has 0 radical (unpaired) electrons. The van der Waals surface area contributed by atoms with E-state index in [1.54, 1.807) is 20.8 Å². The standard InChI is InChI=1S/C37H36NO/c1-24-15-17-32-31-14-10-13-30(27-11-8-7-9-12-27)35(31)39-36(32)34(24)33-22-28(19-20-38(33)6)29-18-16-26(21-25(29)2)23-37(3,4)5/h7-22H,23H2,1-6H3/q+1/i2D3,18D,23D2. The first kappa shape index (κ1) is 19.0. The van der Waals surface area contributed by atoms with Gasteiger partial charge in [0.1, 0.15) is 18.2 Å². The molecule has 0 atom stereocenters. The molecule has 4 aromatic carbocycles. The molecular weight excluding hydrogens is 474 g/mol. The molecule has 194 valence electrons. The number of aryl methyl sites for hydroxylation is 3. The van der Waals surface area contributed by atoms with Gasteiger partial charge in [0, 0.05) is 35.3 Å². The minimum atomic E-state index is -2.56. The van der Waals surface area contributed by atoms with E-state index in [4.69, 9.17) is 12.6 Å². The van der Waals surface area contributed by atoms with Crippen LogP contribution in [0.15, 0.2) is 102 Å². The van der Waals surface area contributed by atoms with Crippen LogP contribution in [-0.4, -0.2) is 0 Å². The fraction of sp³-hybridized carbons (Fsp3) is 0.216. The van der Waals surface area contributed by atoms with Crippen molar-refractivity contribution in [2.24, 2.45) is 12.5 Å². The maximum atomic E-state index is 8.99. The van der Waals surface area contributed by atoms with E-state index in [1.807, 2.05) is 61.1 Å². The fourth-order valence-corrected chi connectivity index (χ4v) is 5.34. The van der Waals surface area contributed by atoms with Crippen LogP contribution >= 0.6 is 0 Å². The van der Waals surface area contributed by atoms with Crippen LogP contribution in [0.1, 0.15) is 45.7 Å². The molecule has 2 aromatic heterocycles. The monoisotopic (exact) mass is 516 g/mol. The highest BCUT2D eigenvalue weighted by atomic mass is 16.3. The lowest BCUT2D eigenvalue weighted by molar-refractivity contribution is -0.660. The molecule has 0 fully saturated rings. The van der Waals surface area contributed by atoms with Crippen molar-refractivity contribution in [2.75, 3.05) is 0 Å². The maximum absolute atomic E-state index is 8.99. The molecule has 2 heteroatoms. The van der Waals surface area contributed by atoms with Crippen LogP contribution in [-0.2, 0) is 13.4 Å². The number of hydrogen-bond donors (Lipinski definition) is 0. The smallest absolute Gasteiger partial charge is 0.216 e. The van der Waals surface area contributed by atoms with Gasteiger partial charge >= 0.3 is 0 Å². The van der Waals surface area contributed by atoms with Gasteiger partial charge in [-0.15, -0.1) is 0 Å². The molecule has 0 N–H and O–H groups in total. The van der Waals surface area contributed by atoms with Crippen LogP contribution in [0.3, 0.4) is 0 Å². The Bertz CT molecular complexity index is 2090. The summed E-state index contributed by atoms with van der Waals surface area (Å²) in [4.78, 5) is 0. The quantitative estimate of drug-likeness (QED) is 0.213. The highest BCUT2D eigenvalue weighted by Crippen LogP contribution is 2.41. The first-order valence-corrected chi connectivity index (χ1v) is 13.3. The number of aromatic nitrogens is 1. The third kappa shape index (κ3) is 4.65. The molecule has 0 spiro atoms. The molecule has 0 unspecified atom stereocenters. The summed E-state index contributed by atoms with van der Waals surface area (Å²) in [6.07, 6.45) is 0.0222. The third-order valence-electron chi connectivity index (χ3n) is 7.12. The Kier molecular flexibility index (Phi) is 4.64. The number of benzene rings is 4. The van der Waals surface area contributed by atoms with Gasteiger partial charge in [0.2, 0.25) is 5.69 Å². The van der Waals surface area contributed by atoms with Gasteiger partial charge in [-0.3, -0.25) is 0 Å².